The van der Waals surface area contributed by atoms with Crippen LogP contribution in [0.3, 0.4) is 0 Å². The van der Waals surface area contributed by atoms with Crippen molar-refractivity contribution in [3.8, 4) is 0 Å². The van der Waals surface area contributed by atoms with E-state index in [2.05, 4.69) is 10.4 Å². The number of fused-ring (bicyclic) bond motifs is 1. The number of carbonyl (C=O) groups is 1. The predicted octanol–water partition coefficient (Wildman–Crippen LogP) is 0.258. The van der Waals surface area contributed by atoms with Crippen molar-refractivity contribution >= 4 is 15.9 Å². The first-order chi connectivity index (χ1) is 9.95. The number of sulfonamides is 1. The van der Waals surface area contributed by atoms with Crippen LogP contribution in [0.2, 0.25) is 0 Å². The molecule has 1 aromatic heterocycles. The Morgan fingerprint density at radius 2 is 2.10 bits per heavy atom. The lowest BCUT2D eigenvalue weighted by molar-refractivity contribution is -0.126. The van der Waals surface area contributed by atoms with Gasteiger partial charge in [-0.25, -0.2) is 8.42 Å². The molecular formula is C13H20N4O3S. The lowest BCUT2D eigenvalue weighted by Crippen LogP contribution is -2.48. The fourth-order valence-corrected chi connectivity index (χ4v) is 3.86. The Morgan fingerprint density at radius 3 is 2.76 bits per heavy atom. The van der Waals surface area contributed by atoms with Gasteiger partial charge in [0.2, 0.25) is 15.9 Å². The van der Waals surface area contributed by atoms with Crippen LogP contribution in [0.15, 0.2) is 12.3 Å². The number of amides is 1. The zero-order valence-electron chi connectivity index (χ0n) is 12.0. The Morgan fingerprint density at radius 1 is 1.38 bits per heavy atom. The van der Waals surface area contributed by atoms with Gasteiger partial charge in [0.25, 0.3) is 0 Å². The van der Waals surface area contributed by atoms with Crippen LogP contribution in [-0.2, 0) is 21.4 Å². The second-order valence-corrected chi connectivity index (χ2v) is 7.81. The van der Waals surface area contributed by atoms with Gasteiger partial charge in [0.05, 0.1) is 18.5 Å². The van der Waals surface area contributed by atoms with Gasteiger partial charge < -0.3 is 5.32 Å². The van der Waals surface area contributed by atoms with Crippen molar-refractivity contribution in [1.82, 2.24) is 19.4 Å². The standard InChI is InChI=1S/C13H20N4O3S/c1-21(19,20)16-8-11-6-7-14-17(11)12(9-16)13(18)15-10-4-2-3-5-10/h6-7,10,12H,2-5,8-9H2,1H3,(H,15,18)/t12-/m1/s1. The Balaban J connectivity index is 1.81. The molecule has 0 unspecified atom stereocenters. The zero-order valence-corrected chi connectivity index (χ0v) is 12.8. The Hall–Kier alpha value is -1.41. The predicted molar refractivity (Wildman–Crippen MR) is 76.9 cm³/mol. The molecule has 116 valence electrons. The molecule has 1 saturated carbocycles. The average Bonchev–Trinajstić information content (AvgIpc) is 3.06. The van der Waals surface area contributed by atoms with Crippen LogP contribution < -0.4 is 5.32 Å². The molecule has 1 amide bonds. The van der Waals surface area contributed by atoms with E-state index in [1.807, 2.05) is 0 Å². The Kier molecular flexibility index (Phi) is 3.75. The fourth-order valence-electron chi connectivity index (χ4n) is 3.08. The minimum absolute atomic E-state index is 0.139. The first-order valence-corrected chi connectivity index (χ1v) is 9.08. The molecule has 21 heavy (non-hydrogen) atoms. The summed E-state index contributed by atoms with van der Waals surface area (Å²) in [7, 11) is -3.33. The highest BCUT2D eigenvalue weighted by Crippen LogP contribution is 2.24. The summed E-state index contributed by atoms with van der Waals surface area (Å²) >= 11 is 0. The van der Waals surface area contributed by atoms with Crippen molar-refractivity contribution in [3.05, 3.63) is 18.0 Å². The molecule has 1 aromatic rings. The summed E-state index contributed by atoms with van der Waals surface area (Å²) in [6.07, 6.45) is 7.05. The van der Waals surface area contributed by atoms with E-state index in [-0.39, 0.29) is 25.0 Å². The van der Waals surface area contributed by atoms with E-state index in [1.165, 1.54) is 10.6 Å². The number of nitrogens with one attached hydrogen (secondary N) is 1. The quantitative estimate of drug-likeness (QED) is 0.867. The van der Waals surface area contributed by atoms with Gasteiger partial charge in [-0.1, -0.05) is 12.8 Å². The normalized spacial score (nSPS) is 24.0. The molecule has 1 fully saturated rings. The number of carbonyl (C=O) groups excluding carboxylic acids is 1. The van der Waals surface area contributed by atoms with Gasteiger partial charge in [-0.15, -0.1) is 0 Å². The summed E-state index contributed by atoms with van der Waals surface area (Å²) in [4.78, 5) is 12.5. The van der Waals surface area contributed by atoms with Crippen LogP contribution in [0.5, 0.6) is 0 Å². The molecule has 1 atom stereocenters. The van der Waals surface area contributed by atoms with Crippen molar-refractivity contribution < 1.29 is 13.2 Å². The second kappa shape index (κ2) is 5.42. The van der Waals surface area contributed by atoms with Crippen LogP contribution in [0.25, 0.3) is 0 Å². The SMILES string of the molecule is CS(=O)(=O)N1Cc2ccnn2[C@@H](C(=O)NC2CCCC2)C1. The molecule has 0 radical (unpaired) electrons. The molecule has 1 aliphatic heterocycles. The number of hydrogen-bond acceptors (Lipinski definition) is 4. The molecule has 1 N–H and O–H groups in total. The highest BCUT2D eigenvalue weighted by atomic mass is 32.2. The molecule has 0 aromatic carbocycles. The molecule has 1 aliphatic carbocycles. The van der Waals surface area contributed by atoms with E-state index in [0.717, 1.165) is 31.4 Å². The minimum Gasteiger partial charge on any atom is -0.351 e. The van der Waals surface area contributed by atoms with Gasteiger partial charge in [0.15, 0.2) is 0 Å². The average molecular weight is 312 g/mol. The van der Waals surface area contributed by atoms with Gasteiger partial charge in [0, 0.05) is 18.8 Å². The Bertz CT molecular complexity index is 634. The van der Waals surface area contributed by atoms with Crippen LogP contribution in [0, 0.1) is 0 Å². The van der Waals surface area contributed by atoms with E-state index in [4.69, 9.17) is 0 Å². The van der Waals surface area contributed by atoms with Gasteiger partial charge in [-0.05, 0) is 18.9 Å². The van der Waals surface area contributed by atoms with E-state index >= 15 is 0 Å². The number of hydrogen-bond donors (Lipinski definition) is 1. The third-order valence-electron chi connectivity index (χ3n) is 4.24. The third kappa shape index (κ3) is 2.96. The summed E-state index contributed by atoms with van der Waals surface area (Å²) in [6, 6.07) is 1.39. The summed E-state index contributed by atoms with van der Waals surface area (Å²) in [6.45, 7) is 0.415. The molecule has 8 heteroatoms. The number of rotatable bonds is 3. The van der Waals surface area contributed by atoms with E-state index in [9.17, 15) is 13.2 Å². The molecule has 0 spiro atoms. The zero-order chi connectivity index (χ0) is 15.0. The number of aromatic nitrogens is 2. The third-order valence-corrected chi connectivity index (χ3v) is 5.45. The first-order valence-electron chi connectivity index (χ1n) is 7.23. The lowest BCUT2D eigenvalue weighted by Gasteiger charge is -2.32. The maximum atomic E-state index is 12.5. The van der Waals surface area contributed by atoms with Crippen LogP contribution in [0.1, 0.15) is 37.4 Å². The maximum absolute atomic E-state index is 12.5. The molecular weight excluding hydrogens is 292 g/mol. The van der Waals surface area contributed by atoms with Gasteiger partial charge in [-0.2, -0.15) is 9.40 Å². The van der Waals surface area contributed by atoms with Crippen molar-refractivity contribution in [1.29, 1.82) is 0 Å². The van der Waals surface area contributed by atoms with Gasteiger partial charge in [0.1, 0.15) is 6.04 Å². The smallest absolute Gasteiger partial charge is 0.246 e. The van der Waals surface area contributed by atoms with Crippen LogP contribution >= 0.6 is 0 Å². The van der Waals surface area contributed by atoms with E-state index in [0.29, 0.717) is 0 Å². The highest BCUT2D eigenvalue weighted by Gasteiger charge is 2.35. The van der Waals surface area contributed by atoms with Crippen molar-refractivity contribution in [2.45, 2.75) is 44.3 Å². The Labute approximate surface area is 124 Å². The van der Waals surface area contributed by atoms with Crippen LogP contribution in [-0.4, -0.2) is 47.3 Å². The van der Waals surface area contributed by atoms with E-state index in [1.54, 1.807) is 16.9 Å². The molecule has 0 bridgehead atoms. The van der Waals surface area contributed by atoms with Crippen LogP contribution in [0.4, 0.5) is 0 Å². The lowest BCUT2D eigenvalue weighted by atomic mass is 10.1. The number of nitrogens with zero attached hydrogens (tertiary/aromatic N) is 3. The highest BCUT2D eigenvalue weighted by molar-refractivity contribution is 7.88. The van der Waals surface area contributed by atoms with Crippen molar-refractivity contribution in [3.63, 3.8) is 0 Å². The second-order valence-electron chi connectivity index (χ2n) is 5.83. The summed E-state index contributed by atoms with van der Waals surface area (Å²) < 4.78 is 26.6. The largest absolute Gasteiger partial charge is 0.351 e. The van der Waals surface area contributed by atoms with Crippen molar-refractivity contribution in [2.24, 2.45) is 0 Å². The van der Waals surface area contributed by atoms with Gasteiger partial charge >= 0.3 is 0 Å². The summed E-state index contributed by atoms with van der Waals surface area (Å²) in [5.74, 6) is -0.139. The topological polar surface area (TPSA) is 84.3 Å². The molecule has 3 rings (SSSR count). The molecule has 7 nitrogen and oxygen atoms in total. The first kappa shape index (κ1) is 14.5. The minimum atomic E-state index is -3.33. The molecule has 2 heterocycles. The molecule has 0 saturated heterocycles. The summed E-state index contributed by atoms with van der Waals surface area (Å²) in [5.41, 5.74) is 0.748. The fraction of sp³-hybridized carbons (Fsp3) is 0.692. The molecule has 2 aliphatic rings. The van der Waals surface area contributed by atoms with Crippen molar-refractivity contribution in [2.75, 3.05) is 12.8 Å². The van der Waals surface area contributed by atoms with E-state index < -0.39 is 16.1 Å². The maximum Gasteiger partial charge on any atom is 0.246 e. The van der Waals surface area contributed by atoms with Gasteiger partial charge in [-0.3, -0.25) is 9.48 Å². The monoisotopic (exact) mass is 312 g/mol. The summed E-state index contributed by atoms with van der Waals surface area (Å²) in [5, 5.41) is 7.21.